The SMILES string of the molecule is Cc1ccccc1NC(=O)CN1CCCC2CCCCC21. The van der Waals surface area contributed by atoms with Gasteiger partial charge in [0.05, 0.1) is 6.54 Å². The van der Waals surface area contributed by atoms with Gasteiger partial charge in [-0.15, -0.1) is 0 Å². The lowest BCUT2D eigenvalue weighted by atomic mass is 9.78. The molecule has 2 atom stereocenters. The predicted molar refractivity (Wildman–Crippen MR) is 86.4 cm³/mol. The third-order valence-corrected chi connectivity index (χ3v) is 5.12. The molecule has 1 aliphatic carbocycles. The second-order valence-electron chi connectivity index (χ2n) is 6.59. The third-order valence-electron chi connectivity index (χ3n) is 5.12. The number of amides is 1. The highest BCUT2D eigenvalue weighted by molar-refractivity contribution is 5.92. The molecular weight excluding hydrogens is 260 g/mol. The molecule has 3 nitrogen and oxygen atoms in total. The van der Waals surface area contributed by atoms with Crippen LogP contribution in [0.5, 0.6) is 0 Å². The first-order chi connectivity index (χ1) is 10.2. The molecule has 1 saturated heterocycles. The minimum atomic E-state index is 0.135. The number of benzene rings is 1. The van der Waals surface area contributed by atoms with E-state index in [-0.39, 0.29) is 5.91 Å². The monoisotopic (exact) mass is 286 g/mol. The largest absolute Gasteiger partial charge is 0.325 e. The normalized spacial score (nSPS) is 26.1. The average molecular weight is 286 g/mol. The van der Waals surface area contributed by atoms with Gasteiger partial charge < -0.3 is 5.32 Å². The number of anilines is 1. The van der Waals surface area contributed by atoms with Crippen molar-refractivity contribution >= 4 is 11.6 Å². The molecule has 21 heavy (non-hydrogen) atoms. The van der Waals surface area contributed by atoms with Crippen molar-refractivity contribution in [2.24, 2.45) is 5.92 Å². The van der Waals surface area contributed by atoms with Crippen LogP contribution in [-0.4, -0.2) is 29.9 Å². The Morgan fingerprint density at radius 1 is 1.19 bits per heavy atom. The van der Waals surface area contributed by atoms with Crippen molar-refractivity contribution in [1.82, 2.24) is 4.90 Å². The number of aryl methyl sites for hydroxylation is 1. The second-order valence-corrected chi connectivity index (χ2v) is 6.59. The Labute approximate surface area is 127 Å². The zero-order chi connectivity index (χ0) is 14.7. The van der Waals surface area contributed by atoms with E-state index in [4.69, 9.17) is 0 Å². The van der Waals surface area contributed by atoms with E-state index in [9.17, 15) is 4.79 Å². The Balaban J connectivity index is 1.60. The third kappa shape index (κ3) is 3.46. The minimum Gasteiger partial charge on any atom is -0.325 e. The summed E-state index contributed by atoms with van der Waals surface area (Å²) in [5, 5.41) is 3.07. The average Bonchev–Trinajstić information content (AvgIpc) is 2.50. The van der Waals surface area contributed by atoms with Crippen molar-refractivity contribution in [2.75, 3.05) is 18.4 Å². The molecule has 0 spiro atoms. The summed E-state index contributed by atoms with van der Waals surface area (Å²) in [4.78, 5) is 14.8. The highest BCUT2D eigenvalue weighted by Crippen LogP contribution is 2.35. The van der Waals surface area contributed by atoms with Gasteiger partial charge in [0.25, 0.3) is 0 Å². The summed E-state index contributed by atoms with van der Waals surface area (Å²) in [5.41, 5.74) is 2.07. The maximum absolute atomic E-state index is 12.4. The lowest BCUT2D eigenvalue weighted by Crippen LogP contribution is -2.49. The van der Waals surface area contributed by atoms with Crippen LogP contribution in [0, 0.1) is 12.8 Å². The minimum absolute atomic E-state index is 0.135. The highest BCUT2D eigenvalue weighted by Gasteiger charge is 2.33. The molecule has 3 rings (SSSR count). The number of fused-ring (bicyclic) bond motifs is 1. The number of hydrogen-bond donors (Lipinski definition) is 1. The fourth-order valence-corrected chi connectivity index (χ4v) is 4.01. The molecule has 0 radical (unpaired) electrons. The first kappa shape index (κ1) is 14.6. The molecule has 2 aliphatic rings. The van der Waals surface area contributed by atoms with Crippen molar-refractivity contribution in [2.45, 2.75) is 51.5 Å². The van der Waals surface area contributed by atoms with Crippen LogP contribution in [0.1, 0.15) is 44.1 Å². The topological polar surface area (TPSA) is 32.3 Å². The highest BCUT2D eigenvalue weighted by atomic mass is 16.2. The Hall–Kier alpha value is -1.35. The number of carbonyl (C=O) groups excluding carboxylic acids is 1. The second kappa shape index (κ2) is 6.61. The zero-order valence-corrected chi connectivity index (χ0v) is 13.0. The van der Waals surface area contributed by atoms with Crippen LogP contribution in [0.2, 0.25) is 0 Å². The molecular formula is C18H26N2O. The summed E-state index contributed by atoms with van der Waals surface area (Å²) >= 11 is 0. The van der Waals surface area contributed by atoms with Crippen LogP contribution in [0.4, 0.5) is 5.69 Å². The molecule has 1 aromatic rings. The molecule has 1 N–H and O–H groups in total. The van der Waals surface area contributed by atoms with Crippen molar-refractivity contribution in [3.63, 3.8) is 0 Å². The molecule has 1 aliphatic heterocycles. The van der Waals surface area contributed by atoms with Gasteiger partial charge >= 0.3 is 0 Å². The Bertz CT molecular complexity index is 498. The smallest absolute Gasteiger partial charge is 0.238 e. The number of hydrogen-bond acceptors (Lipinski definition) is 2. The predicted octanol–water partition coefficient (Wildman–Crippen LogP) is 3.59. The number of piperidine rings is 1. The summed E-state index contributed by atoms with van der Waals surface area (Å²) in [7, 11) is 0. The maximum atomic E-state index is 12.4. The molecule has 2 unspecified atom stereocenters. The quantitative estimate of drug-likeness (QED) is 0.921. The summed E-state index contributed by atoms with van der Waals surface area (Å²) < 4.78 is 0. The van der Waals surface area contributed by atoms with Gasteiger partial charge in [0.1, 0.15) is 0 Å². The number of para-hydroxylation sites is 1. The first-order valence-corrected chi connectivity index (χ1v) is 8.33. The molecule has 1 amide bonds. The number of likely N-dealkylation sites (tertiary alicyclic amines) is 1. The van der Waals surface area contributed by atoms with E-state index >= 15 is 0 Å². The zero-order valence-electron chi connectivity index (χ0n) is 13.0. The van der Waals surface area contributed by atoms with Crippen LogP contribution in [0.25, 0.3) is 0 Å². The van der Waals surface area contributed by atoms with Gasteiger partial charge in [-0.1, -0.05) is 31.0 Å². The van der Waals surface area contributed by atoms with Gasteiger partial charge in [-0.2, -0.15) is 0 Å². The van der Waals surface area contributed by atoms with E-state index in [0.717, 1.165) is 23.7 Å². The van der Waals surface area contributed by atoms with E-state index in [1.54, 1.807) is 0 Å². The van der Waals surface area contributed by atoms with Gasteiger partial charge in [-0.3, -0.25) is 9.69 Å². The fraction of sp³-hybridized carbons (Fsp3) is 0.611. The summed E-state index contributed by atoms with van der Waals surface area (Å²) in [6.07, 6.45) is 7.96. The summed E-state index contributed by atoms with van der Waals surface area (Å²) in [6, 6.07) is 8.64. The summed E-state index contributed by atoms with van der Waals surface area (Å²) in [6.45, 7) is 3.67. The van der Waals surface area contributed by atoms with Gasteiger partial charge in [0, 0.05) is 11.7 Å². The van der Waals surface area contributed by atoms with Crippen molar-refractivity contribution < 1.29 is 4.79 Å². The molecule has 0 bridgehead atoms. The lowest BCUT2D eigenvalue weighted by Gasteiger charge is -2.43. The summed E-state index contributed by atoms with van der Waals surface area (Å²) in [5.74, 6) is 0.967. The van der Waals surface area contributed by atoms with Gasteiger partial charge in [0.15, 0.2) is 0 Å². The Morgan fingerprint density at radius 2 is 1.95 bits per heavy atom. The van der Waals surface area contributed by atoms with E-state index in [2.05, 4.69) is 10.2 Å². The van der Waals surface area contributed by atoms with Crippen molar-refractivity contribution in [1.29, 1.82) is 0 Å². The lowest BCUT2D eigenvalue weighted by molar-refractivity contribution is -0.118. The van der Waals surface area contributed by atoms with E-state index in [0.29, 0.717) is 12.6 Å². The first-order valence-electron chi connectivity index (χ1n) is 8.33. The molecule has 2 fully saturated rings. The van der Waals surface area contributed by atoms with E-state index in [1.165, 1.54) is 38.5 Å². The van der Waals surface area contributed by atoms with Crippen LogP contribution in [0.15, 0.2) is 24.3 Å². The Morgan fingerprint density at radius 3 is 2.81 bits per heavy atom. The van der Waals surface area contributed by atoms with Crippen molar-refractivity contribution in [3.05, 3.63) is 29.8 Å². The standard InChI is InChI=1S/C18H26N2O/c1-14-7-2-4-10-16(14)19-18(21)13-20-12-6-9-15-8-3-5-11-17(15)20/h2,4,7,10,15,17H,3,5-6,8-9,11-13H2,1H3,(H,19,21). The molecule has 1 saturated carbocycles. The van der Waals surface area contributed by atoms with Crippen LogP contribution < -0.4 is 5.32 Å². The van der Waals surface area contributed by atoms with Crippen LogP contribution in [0.3, 0.4) is 0 Å². The molecule has 0 aromatic heterocycles. The Kier molecular flexibility index (Phi) is 4.59. The van der Waals surface area contributed by atoms with Crippen LogP contribution in [-0.2, 0) is 4.79 Å². The van der Waals surface area contributed by atoms with Gasteiger partial charge in [-0.05, 0) is 56.7 Å². The molecule has 1 heterocycles. The van der Waals surface area contributed by atoms with E-state index < -0.39 is 0 Å². The number of carbonyl (C=O) groups is 1. The number of rotatable bonds is 3. The molecule has 1 aromatic carbocycles. The molecule has 114 valence electrons. The van der Waals surface area contributed by atoms with Crippen LogP contribution >= 0.6 is 0 Å². The number of nitrogens with one attached hydrogen (secondary N) is 1. The number of nitrogens with zero attached hydrogens (tertiary/aromatic N) is 1. The van der Waals surface area contributed by atoms with E-state index in [1.807, 2.05) is 31.2 Å². The maximum Gasteiger partial charge on any atom is 0.238 e. The van der Waals surface area contributed by atoms with Gasteiger partial charge in [0.2, 0.25) is 5.91 Å². The molecule has 3 heteroatoms. The van der Waals surface area contributed by atoms with Crippen molar-refractivity contribution in [3.8, 4) is 0 Å². The fourth-order valence-electron chi connectivity index (χ4n) is 4.01. The van der Waals surface area contributed by atoms with Gasteiger partial charge in [-0.25, -0.2) is 0 Å².